The van der Waals surface area contributed by atoms with Gasteiger partial charge in [-0.05, 0) is 59.2 Å². The van der Waals surface area contributed by atoms with E-state index in [9.17, 15) is 33.9 Å². The molecule has 13 nitrogen and oxygen atoms in total. The first-order valence-electron chi connectivity index (χ1n) is 16.3. The Balaban J connectivity index is 4.91. The van der Waals surface area contributed by atoms with Crippen molar-refractivity contribution in [3.05, 3.63) is 12.3 Å². The van der Waals surface area contributed by atoms with Crippen LogP contribution in [0.4, 0.5) is 0 Å². The standard InChI is InChI=1S/C34H59N5O8S/c1-23(2)37-25(40)19-39(20-26(41)38-24(3)4)27(42)12-15-35-29(45)31(5,6)14-17-47-33(9,10)13-16-36-30(46)32(7,8)21-34(11,22-48)18-28(43)44/h22,24H,1,12-21H2,2-11H3,(H,35,45)(H,36,46)(H,37,40)(H,38,41)(H,43,44). The minimum Gasteiger partial charge on any atom is -0.481 e. The van der Waals surface area contributed by atoms with Gasteiger partial charge in [-0.3, -0.25) is 28.8 Å². The molecule has 0 heterocycles. The lowest BCUT2D eigenvalue weighted by Gasteiger charge is -2.33. The van der Waals surface area contributed by atoms with Gasteiger partial charge in [0.2, 0.25) is 29.5 Å². The van der Waals surface area contributed by atoms with Crippen molar-refractivity contribution in [1.29, 1.82) is 0 Å². The zero-order valence-corrected chi connectivity index (χ0v) is 31.4. The third-order valence-electron chi connectivity index (χ3n) is 7.60. The molecule has 0 spiro atoms. The van der Waals surface area contributed by atoms with Gasteiger partial charge in [-0.1, -0.05) is 53.4 Å². The van der Waals surface area contributed by atoms with Crippen LogP contribution in [0.2, 0.25) is 0 Å². The molecule has 0 rings (SSSR count). The molecule has 0 saturated carbocycles. The fraction of sp³-hybridized carbons (Fsp3) is 0.735. The van der Waals surface area contributed by atoms with Crippen molar-refractivity contribution in [3.8, 4) is 0 Å². The Kier molecular flexibility index (Phi) is 18.2. The van der Waals surface area contributed by atoms with E-state index in [1.54, 1.807) is 55.4 Å². The molecule has 14 heteroatoms. The number of carboxylic acids is 1. The number of carboxylic acid groups (broad SMARTS) is 1. The number of nitrogens with one attached hydrogen (secondary N) is 4. The second-order valence-corrected chi connectivity index (χ2v) is 15.2. The molecule has 0 fully saturated rings. The summed E-state index contributed by atoms with van der Waals surface area (Å²) in [7, 11) is 0. The highest BCUT2D eigenvalue weighted by molar-refractivity contribution is 7.79. The van der Waals surface area contributed by atoms with Crippen LogP contribution in [0.5, 0.6) is 0 Å². The molecule has 274 valence electrons. The highest BCUT2D eigenvalue weighted by Crippen LogP contribution is 2.36. The molecule has 0 aromatic heterocycles. The number of rotatable bonds is 23. The molecule has 0 saturated heterocycles. The number of nitrogens with zero attached hydrogens (tertiary/aromatic N) is 1. The first-order chi connectivity index (χ1) is 21.8. The summed E-state index contributed by atoms with van der Waals surface area (Å²) in [5.74, 6) is -2.80. The van der Waals surface area contributed by atoms with Crippen LogP contribution in [0.1, 0.15) is 101 Å². The Morgan fingerprint density at radius 2 is 1.42 bits per heavy atom. The molecule has 1 unspecified atom stereocenters. The summed E-state index contributed by atoms with van der Waals surface area (Å²) in [4.78, 5) is 75.8. The highest BCUT2D eigenvalue weighted by Gasteiger charge is 2.37. The summed E-state index contributed by atoms with van der Waals surface area (Å²) >= 11 is 5.06. The highest BCUT2D eigenvalue weighted by atomic mass is 32.1. The van der Waals surface area contributed by atoms with Gasteiger partial charge in [0.15, 0.2) is 0 Å². The van der Waals surface area contributed by atoms with E-state index in [1.165, 1.54) is 5.37 Å². The van der Waals surface area contributed by atoms with Crippen molar-refractivity contribution in [2.75, 3.05) is 32.8 Å². The predicted molar refractivity (Wildman–Crippen MR) is 189 cm³/mol. The maximum absolute atomic E-state index is 13.0. The molecule has 0 aliphatic heterocycles. The average Bonchev–Trinajstić information content (AvgIpc) is 2.90. The fourth-order valence-corrected chi connectivity index (χ4v) is 5.14. The number of hydrogen-bond donors (Lipinski definition) is 5. The summed E-state index contributed by atoms with van der Waals surface area (Å²) in [5, 5.41) is 21.6. The zero-order valence-electron chi connectivity index (χ0n) is 30.6. The van der Waals surface area contributed by atoms with Crippen molar-refractivity contribution in [1.82, 2.24) is 26.2 Å². The molecule has 5 N–H and O–H groups in total. The SMILES string of the molecule is C=C(C)NC(=O)CN(CC(=O)NC(C)C)C(=O)CCNC(=O)C(C)(C)CCOC(C)(C)CCNC(=O)C(C)(C)CC(C)(C=S)CC(=O)O. The number of amides is 5. The van der Waals surface area contributed by atoms with E-state index in [2.05, 4.69) is 27.8 Å². The largest absolute Gasteiger partial charge is 0.481 e. The van der Waals surface area contributed by atoms with Gasteiger partial charge in [0, 0.05) is 54.1 Å². The molecule has 0 aromatic carbocycles. The molecule has 1 atom stereocenters. The van der Waals surface area contributed by atoms with Crippen LogP contribution in [0.25, 0.3) is 0 Å². The van der Waals surface area contributed by atoms with Gasteiger partial charge in [-0.15, -0.1) is 0 Å². The Bertz CT molecular complexity index is 1180. The number of hydrogen-bond acceptors (Lipinski definition) is 8. The van der Waals surface area contributed by atoms with Crippen molar-refractivity contribution in [2.45, 2.75) is 113 Å². The van der Waals surface area contributed by atoms with E-state index in [0.29, 0.717) is 25.1 Å². The van der Waals surface area contributed by atoms with Crippen LogP contribution >= 0.6 is 12.2 Å². The maximum Gasteiger partial charge on any atom is 0.304 e. The molecule has 0 aliphatic rings. The van der Waals surface area contributed by atoms with Gasteiger partial charge in [-0.25, -0.2) is 0 Å². The van der Waals surface area contributed by atoms with Crippen LogP contribution in [-0.4, -0.2) is 95.3 Å². The second-order valence-electron chi connectivity index (χ2n) is 15.0. The normalized spacial score (nSPS) is 13.1. The van der Waals surface area contributed by atoms with E-state index >= 15 is 0 Å². The predicted octanol–water partition coefficient (Wildman–Crippen LogP) is 3.11. The summed E-state index contributed by atoms with van der Waals surface area (Å²) in [6, 6.07) is -0.135. The minimum absolute atomic E-state index is 0.0217. The van der Waals surface area contributed by atoms with Crippen LogP contribution in [0, 0.1) is 16.2 Å². The number of carbonyl (C=O) groups excluding carboxylic acids is 5. The van der Waals surface area contributed by atoms with Gasteiger partial charge >= 0.3 is 5.97 Å². The number of carbonyl (C=O) groups is 6. The molecule has 0 aliphatic carbocycles. The average molecular weight is 698 g/mol. The topological polar surface area (TPSA) is 183 Å². The Hall–Kier alpha value is -3.39. The minimum atomic E-state index is -0.974. The Labute approximate surface area is 291 Å². The van der Waals surface area contributed by atoms with Crippen LogP contribution in [-0.2, 0) is 33.5 Å². The van der Waals surface area contributed by atoms with Crippen molar-refractivity contribution in [3.63, 3.8) is 0 Å². The maximum atomic E-state index is 13.0. The van der Waals surface area contributed by atoms with E-state index < -0.39 is 45.5 Å². The number of ether oxygens (including phenoxy) is 1. The van der Waals surface area contributed by atoms with Crippen LogP contribution in [0.3, 0.4) is 0 Å². The van der Waals surface area contributed by atoms with E-state index in [-0.39, 0.29) is 63.4 Å². The van der Waals surface area contributed by atoms with Gasteiger partial charge < -0.3 is 36.0 Å². The van der Waals surface area contributed by atoms with E-state index in [4.69, 9.17) is 17.0 Å². The van der Waals surface area contributed by atoms with Gasteiger partial charge in [0.1, 0.15) is 13.1 Å². The second kappa shape index (κ2) is 19.6. The lowest BCUT2D eigenvalue weighted by molar-refractivity contribution is -0.140. The third-order valence-corrected chi connectivity index (χ3v) is 8.16. The third kappa shape index (κ3) is 18.2. The number of allylic oxidation sites excluding steroid dienone is 1. The quantitative estimate of drug-likeness (QED) is 0.100. The van der Waals surface area contributed by atoms with E-state index in [1.807, 2.05) is 13.8 Å². The first kappa shape index (κ1) is 44.6. The lowest BCUT2D eigenvalue weighted by Crippen LogP contribution is -2.47. The molecule has 0 aromatic rings. The number of thiocarbonyl (C=S) groups is 1. The van der Waals surface area contributed by atoms with Crippen LogP contribution in [0.15, 0.2) is 12.3 Å². The van der Waals surface area contributed by atoms with Gasteiger partial charge in [0.25, 0.3) is 0 Å². The molecular weight excluding hydrogens is 638 g/mol. The summed E-state index contributed by atoms with van der Waals surface area (Å²) in [5.41, 5.74) is -2.65. The zero-order chi connectivity index (χ0) is 37.5. The molecule has 48 heavy (non-hydrogen) atoms. The van der Waals surface area contributed by atoms with E-state index in [0.717, 1.165) is 4.90 Å². The molecule has 0 radical (unpaired) electrons. The van der Waals surface area contributed by atoms with Crippen molar-refractivity contribution >= 4 is 53.1 Å². The van der Waals surface area contributed by atoms with Gasteiger partial charge in [0.05, 0.1) is 12.0 Å². The Morgan fingerprint density at radius 1 is 0.875 bits per heavy atom. The van der Waals surface area contributed by atoms with Crippen molar-refractivity contribution < 1.29 is 38.6 Å². The van der Waals surface area contributed by atoms with Crippen molar-refractivity contribution in [2.24, 2.45) is 16.2 Å². The molecule has 5 amide bonds. The lowest BCUT2D eigenvalue weighted by atomic mass is 9.73. The summed E-state index contributed by atoms with van der Waals surface area (Å²) < 4.78 is 6.07. The van der Waals surface area contributed by atoms with Crippen LogP contribution < -0.4 is 21.3 Å². The molecular formula is C34H59N5O8S. The number of aliphatic carboxylic acids is 1. The smallest absolute Gasteiger partial charge is 0.304 e. The van der Waals surface area contributed by atoms with Gasteiger partial charge in [-0.2, -0.15) is 0 Å². The Morgan fingerprint density at radius 3 is 1.94 bits per heavy atom. The first-order valence-corrected chi connectivity index (χ1v) is 16.7. The monoisotopic (exact) mass is 697 g/mol. The molecule has 0 bridgehead atoms. The fourth-order valence-electron chi connectivity index (χ4n) is 4.97. The summed E-state index contributed by atoms with van der Waals surface area (Å²) in [6.07, 6.45) is 0.909. The summed E-state index contributed by atoms with van der Waals surface area (Å²) in [6.45, 7) is 21.4.